The molecule has 1 unspecified atom stereocenters. The number of aromatic nitrogens is 2. The van der Waals surface area contributed by atoms with E-state index in [1.807, 2.05) is 60.8 Å². The molecule has 0 fully saturated rings. The number of carbonyl (C=O) groups is 1. The van der Waals surface area contributed by atoms with Crippen LogP contribution < -0.4 is 5.32 Å². The van der Waals surface area contributed by atoms with E-state index in [2.05, 4.69) is 14.9 Å². The molecule has 3 aromatic rings. The van der Waals surface area contributed by atoms with E-state index < -0.39 is 0 Å². The molecule has 3 rings (SSSR count). The van der Waals surface area contributed by atoms with Crippen molar-refractivity contribution in [2.45, 2.75) is 17.1 Å². The Hall–Kier alpha value is -1.89. The van der Waals surface area contributed by atoms with Crippen molar-refractivity contribution in [1.29, 1.82) is 0 Å². The molecule has 4 nitrogen and oxygen atoms in total. The van der Waals surface area contributed by atoms with Crippen molar-refractivity contribution in [2.24, 2.45) is 0 Å². The highest BCUT2D eigenvalue weighted by atomic mass is 35.5. The molecule has 1 N–H and O–H groups in total. The molecule has 1 amide bonds. The van der Waals surface area contributed by atoms with E-state index in [-0.39, 0.29) is 11.2 Å². The lowest BCUT2D eigenvalue weighted by Crippen LogP contribution is -2.22. The predicted octanol–water partition coefficient (Wildman–Crippen LogP) is 4.98. The van der Waals surface area contributed by atoms with Gasteiger partial charge in [-0.05, 0) is 54.9 Å². The SMILES string of the molecule is CC(Sc1ccc(Cl)cc1)C(=O)Nc1ccc(-c2csnn2)cc1. The minimum atomic E-state index is -0.214. The maximum Gasteiger partial charge on any atom is 0.237 e. The quantitative estimate of drug-likeness (QED) is 0.639. The summed E-state index contributed by atoms with van der Waals surface area (Å²) in [4.78, 5) is 13.3. The number of thioether (sulfide) groups is 1. The van der Waals surface area contributed by atoms with Crippen LogP contribution in [0.5, 0.6) is 0 Å². The van der Waals surface area contributed by atoms with Crippen LogP contribution in [0.2, 0.25) is 5.02 Å². The van der Waals surface area contributed by atoms with E-state index in [4.69, 9.17) is 11.6 Å². The van der Waals surface area contributed by atoms with Crippen molar-refractivity contribution in [1.82, 2.24) is 9.59 Å². The molecular weight excluding hydrogens is 362 g/mol. The number of nitrogens with zero attached hydrogens (tertiary/aromatic N) is 2. The number of benzene rings is 2. The van der Waals surface area contributed by atoms with E-state index >= 15 is 0 Å². The normalized spacial score (nSPS) is 11.9. The van der Waals surface area contributed by atoms with Gasteiger partial charge >= 0.3 is 0 Å². The maximum absolute atomic E-state index is 12.3. The Bertz CT molecular complexity index is 805. The zero-order chi connectivity index (χ0) is 16.9. The van der Waals surface area contributed by atoms with Gasteiger partial charge in [0.15, 0.2) is 0 Å². The maximum atomic E-state index is 12.3. The average molecular weight is 376 g/mol. The zero-order valence-corrected chi connectivity index (χ0v) is 15.2. The monoisotopic (exact) mass is 375 g/mol. The summed E-state index contributed by atoms with van der Waals surface area (Å²) in [7, 11) is 0. The summed E-state index contributed by atoms with van der Waals surface area (Å²) in [6.45, 7) is 1.88. The first-order valence-corrected chi connectivity index (χ1v) is 9.32. The van der Waals surface area contributed by atoms with E-state index in [9.17, 15) is 4.79 Å². The Morgan fingerprint density at radius 3 is 2.50 bits per heavy atom. The lowest BCUT2D eigenvalue weighted by Gasteiger charge is -2.12. The molecule has 0 spiro atoms. The fraction of sp³-hybridized carbons (Fsp3) is 0.118. The van der Waals surface area contributed by atoms with Crippen molar-refractivity contribution in [3.63, 3.8) is 0 Å². The molecule has 1 atom stereocenters. The second-order valence-electron chi connectivity index (χ2n) is 5.07. The molecule has 0 aliphatic carbocycles. The summed E-state index contributed by atoms with van der Waals surface area (Å²) < 4.78 is 3.85. The number of halogens is 1. The van der Waals surface area contributed by atoms with Crippen molar-refractivity contribution < 1.29 is 4.79 Å². The molecule has 0 bridgehead atoms. The van der Waals surface area contributed by atoms with Crippen LogP contribution >= 0.6 is 34.9 Å². The summed E-state index contributed by atoms with van der Waals surface area (Å²) >= 11 is 8.68. The molecule has 1 aromatic heterocycles. The van der Waals surface area contributed by atoms with E-state index in [0.29, 0.717) is 5.02 Å². The molecule has 0 saturated carbocycles. The van der Waals surface area contributed by atoms with Crippen molar-refractivity contribution in [2.75, 3.05) is 5.32 Å². The van der Waals surface area contributed by atoms with Gasteiger partial charge in [0, 0.05) is 26.5 Å². The smallest absolute Gasteiger partial charge is 0.237 e. The summed E-state index contributed by atoms with van der Waals surface area (Å²) in [5.74, 6) is -0.0435. The van der Waals surface area contributed by atoms with Crippen LogP contribution in [-0.2, 0) is 4.79 Å². The lowest BCUT2D eigenvalue weighted by molar-refractivity contribution is -0.115. The Balaban J connectivity index is 1.60. The molecule has 24 heavy (non-hydrogen) atoms. The molecule has 2 aromatic carbocycles. The number of nitrogens with one attached hydrogen (secondary N) is 1. The summed E-state index contributed by atoms with van der Waals surface area (Å²) in [5.41, 5.74) is 2.57. The molecule has 7 heteroatoms. The molecule has 0 saturated heterocycles. The number of hydrogen-bond donors (Lipinski definition) is 1. The number of hydrogen-bond acceptors (Lipinski definition) is 5. The van der Waals surface area contributed by atoms with Gasteiger partial charge in [0.05, 0.1) is 5.25 Å². The molecule has 0 radical (unpaired) electrons. The first kappa shape index (κ1) is 17.0. The van der Waals surface area contributed by atoms with Crippen molar-refractivity contribution in [3.8, 4) is 11.3 Å². The number of anilines is 1. The van der Waals surface area contributed by atoms with Crippen LogP contribution in [-0.4, -0.2) is 20.7 Å². The van der Waals surface area contributed by atoms with E-state index in [0.717, 1.165) is 21.8 Å². The topological polar surface area (TPSA) is 54.9 Å². The Kier molecular flexibility index (Phi) is 5.50. The van der Waals surface area contributed by atoms with Gasteiger partial charge in [-0.1, -0.05) is 28.2 Å². The third-order valence-corrected chi connectivity index (χ3v) is 5.17. The Labute approximate surface area is 153 Å². The van der Waals surface area contributed by atoms with Crippen LogP contribution in [0.15, 0.2) is 58.8 Å². The number of amides is 1. The van der Waals surface area contributed by atoms with Crippen LogP contribution in [0.1, 0.15) is 6.92 Å². The minimum absolute atomic E-state index is 0.0435. The fourth-order valence-corrected chi connectivity index (χ4v) is 3.49. The van der Waals surface area contributed by atoms with Gasteiger partial charge in [0.1, 0.15) is 5.69 Å². The van der Waals surface area contributed by atoms with Crippen molar-refractivity contribution in [3.05, 3.63) is 58.9 Å². The lowest BCUT2D eigenvalue weighted by atomic mass is 10.1. The third-order valence-electron chi connectivity index (χ3n) is 3.30. The van der Waals surface area contributed by atoms with E-state index in [1.165, 1.54) is 23.3 Å². The molecule has 0 aliphatic heterocycles. The number of carbonyl (C=O) groups excluding carboxylic acids is 1. The largest absolute Gasteiger partial charge is 0.325 e. The van der Waals surface area contributed by atoms with Gasteiger partial charge in [-0.3, -0.25) is 4.79 Å². The van der Waals surface area contributed by atoms with Gasteiger partial charge in [0.2, 0.25) is 5.91 Å². The Morgan fingerprint density at radius 1 is 1.17 bits per heavy atom. The fourth-order valence-electron chi connectivity index (χ4n) is 2.03. The summed E-state index contributed by atoms with van der Waals surface area (Å²) in [6.07, 6.45) is 0. The minimum Gasteiger partial charge on any atom is -0.325 e. The van der Waals surface area contributed by atoms with Crippen LogP contribution in [0, 0.1) is 0 Å². The first-order chi connectivity index (χ1) is 11.6. The van der Waals surface area contributed by atoms with Crippen LogP contribution in [0.4, 0.5) is 5.69 Å². The van der Waals surface area contributed by atoms with Gasteiger partial charge < -0.3 is 5.32 Å². The molecule has 122 valence electrons. The van der Waals surface area contributed by atoms with Gasteiger partial charge in [-0.15, -0.1) is 16.9 Å². The molecule has 1 heterocycles. The standard InChI is InChI=1S/C17H14ClN3OS2/c1-11(24-15-8-4-13(18)5-9-15)17(22)19-14-6-2-12(3-7-14)16-10-23-21-20-16/h2-11H,1H3,(H,19,22). The van der Waals surface area contributed by atoms with Crippen LogP contribution in [0.3, 0.4) is 0 Å². The summed E-state index contributed by atoms with van der Waals surface area (Å²) in [5, 5.41) is 9.31. The first-order valence-electron chi connectivity index (χ1n) is 7.22. The third kappa shape index (κ3) is 4.35. The highest BCUT2D eigenvalue weighted by Crippen LogP contribution is 2.26. The van der Waals surface area contributed by atoms with Gasteiger partial charge in [-0.2, -0.15) is 0 Å². The highest BCUT2D eigenvalue weighted by molar-refractivity contribution is 8.00. The average Bonchev–Trinajstić information content (AvgIpc) is 3.12. The predicted molar refractivity (Wildman–Crippen MR) is 101 cm³/mol. The van der Waals surface area contributed by atoms with Gasteiger partial charge in [0.25, 0.3) is 0 Å². The second kappa shape index (κ2) is 7.79. The second-order valence-corrected chi connectivity index (χ2v) is 7.53. The van der Waals surface area contributed by atoms with Crippen molar-refractivity contribution >= 4 is 46.5 Å². The zero-order valence-electron chi connectivity index (χ0n) is 12.8. The number of rotatable bonds is 5. The molecule has 0 aliphatic rings. The van der Waals surface area contributed by atoms with Gasteiger partial charge in [-0.25, -0.2) is 0 Å². The molecular formula is C17H14ClN3OS2. The Morgan fingerprint density at radius 2 is 1.88 bits per heavy atom. The summed E-state index contributed by atoms with van der Waals surface area (Å²) in [6, 6.07) is 15.0. The van der Waals surface area contributed by atoms with E-state index in [1.54, 1.807) is 0 Å². The highest BCUT2D eigenvalue weighted by Gasteiger charge is 2.14. The van der Waals surface area contributed by atoms with Crippen LogP contribution in [0.25, 0.3) is 11.3 Å².